The van der Waals surface area contributed by atoms with E-state index < -0.39 is 14.9 Å². The molecule has 6 nitrogen and oxygen atoms in total. The van der Waals surface area contributed by atoms with Crippen LogP contribution in [0.4, 0.5) is 5.69 Å². The van der Waals surface area contributed by atoms with Crippen LogP contribution in [-0.2, 0) is 22.2 Å². The zero-order chi connectivity index (χ0) is 17.2. The van der Waals surface area contributed by atoms with E-state index in [-0.39, 0.29) is 17.5 Å². The van der Waals surface area contributed by atoms with E-state index in [4.69, 9.17) is 0 Å². The topological polar surface area (TPSA) is 89.3 Å². The first-order valence-corrected chi connectivity index (χ1v) is 9.41. The fourth-order valence-corrected chi connectivity index (χ4v) is 4.49. The molecule has 24 heavy (non-hydrogen) atoms. The Kier molecular flexibility index (Phi) is 4.64. The van der Waals surface area contributed by atoms with Gasteiger partial charge in [0.2, 0.25) is 10.0 Å². The quantitative estimate of drug-likeness (QED) is 0.665. The molecule has 0 spiro atoms. The van der Waals surface area contributed by atoms with Gasteiger partial charge in [0, 0.05) is 18.2 Å². The molecule has 1 aliphatic carbocycles. The molecule has 2 aromatic rings. The minimum atomic E-state index is -3.59. The van der Waals surface area contributed by atoms with E-state index in [9.17, 15) is 18.5 Å². The van der Waals surface area contributed by atoms with E-state index in [0.29, 0.717) is 5.56 Å². The number of sulfonamides is 1. The predicted molar refractivity (Wildman–Crippen MR) is 91.0 cm³/mol. The van der Waals surface area contributed by atoms with Crippen molar-refractivity contribution in [3.63, 3.8) is 0 Å². The van der Waals surface area contributed by atoms with Gasteiger partial charge in [0.05, 0.1) is 10.7 Å². The molecule has 0 amide bonds. The number of non-ortho nitro benzene ring substituents is 1. The maximum absolute atomic E-state index is 12.5. The van der Waals surface area contributed by atoms with Gasteiger partial charge in [-0.05, 0) is 36.0 Å². The second-order valence-corrected chi connectivity index (χ2v) is 7.70. The van der Waals surface area contributed by atoms with Gasteiger partial charge in [-0.15, -0.1) is 0 Å². The average molecular weight is 346 g/mol. The Hall–Kier alpha value is -2.25. The van der Waals surface area contributed by atoms with Crippen molar-refractivity contribution < 1.29 is 13.3 Å². The molecule has 3 rings (SSSR count). The predicted octanol–water partition coefficient (Wildman–Crippen LogP) is 3.09. The minimum Gasteiger partial charge on any atom is -0.258 e. The Labute approximate surface area is 140 Å². The normalized spacial score (nSPS) is 17.2. The van der Waals surface area contributed by atoms with Crippen molar-refractivity contribution >= 4 is 15.7 Å². The van der Waals surface area contributed by atoms with Crippen molar-refractivity contribution in [1.82, 2.24) is 4.72 Å². The van der Waals surface area contributed by atoms with E-state index >= 15 is 0 Å². The van der Waals surface area contributed by atoms with Crippen molar-refractivity contribution in [3.05, 3.63) is 75.3 Å². The van der Waals surface area contributed by atoms with Crippen LogP contribution in [0.1, 0.15) is 35.6 Å². The number of nitro groups is 1. The highest BCUT2D eigenvalue weighted by molar-refractivity contribution is 7.88. The first-order valence-electron chi connectivity index (χ1n) is 7.76. The van der Waals surface area contributed by atoms with E-state index in [1.807, 2.05) is 24.3 Å². The number of aryl methyl sites for hydroxylation is 1. The number of nitrogens with one attached hydrogen (secondary N) is 1. The van der Waals surface area contributed by atoms with Crippen LogP contribution in [0.15, 0.2) is 48.5 Å². The second-order valence-electron chi connectivity index (χ2n) is 5.95. The highest BCUT2D eigenvalue weighted by atomic mass is 32.2. The maximum atomic E-state index is 12.5. The minimum absolute atomic E-state index is 0.106. The van der Waals surface area contributed by atoms with Gasteiger partial charge in [-0.3, -0.25) is 10.1 Å². The fraction of sp³-hybridized carbons (Fsp3) is 0.294. The van der Waals surface area contributed by atoms with Crippen molar-refractivity contribution in [3.8, 4) is 0 Å². The van der Waals surface area contributed by atoms with Crippen LogP contribution in [-0.4, -0.2) is 13.3 Å². The molecule has 126 valence electrons. The molecule has 0 saturated carbocycles. The summed E-state index contributed by atoms with van der Waals surface area (Å²) in [7, 11) is -3.59. The Morgan fingerprint density at radius 3 is 2.75 bits per heavy atom. The van der Waals surface area contributed by atoms with Gasteiger partial charge in [-0.25, -0.2) is 13.1 Å². The number of nitrogens with zero attached hydrogens (tertiary/aromatic N) is 1. The maximum Gasteiger partial charge on any atom is 0.269 e. The summed E-state index contributed by atoms with van der Waals surface area (Å²) in [6.45, 7) is 0. The third kappa shape index (κ3) is 3.80. The number of rotatable bonds is 5. The van der Waals surface area contributed by atoms with Crippen molar-refractivity contribution in [2.75, 3.05) is 0 Å². The second kappa shape index (κ2) is 6.70. The van der Waals surface area contributed by atoms with Gasteiger partial charge in [0.25, 0.3) is 5.69 Å². The average Bonchev–Trinajstić information content (AvgIpc) is 2.54. The molecule has 0 aliphatic heterocycles. The zero-order valence-corrected chi connectivity index (χ0v) is 13.8. The molecule has 0 aromatic heterocycles. The van der Waals surface area contributed by atoms with Gasteiger partial charge in [-0.2, -0.15) is 0 Å². The van der Waals surface area contributed by atoms with Crippen LogP contribution < -0.4 is 4.72 Å². The molecule has 1 aliphatic rings. The molecule has 0 bridgehead atoms. The van der Waals surface area contributed by atoms with Crippen LogP contribution in [0.5, 0.6) is 0 Å². The Balaban J connectivity index is 1.78. The molecule has 0 unspecified atom stereocenters. The van der Waals surface area contributed by atoms with Gasteiger partial charge in [-0.1, -0.05) is 36.4 Å². The van der Waals surface area contributed by atoms with Crippen molar-refractivity contribution in [2.45, 2.75) is 31.1 Å². The van der Waals surface area contributed by atoms with Crippen molar-refractivity contribution in [1.29, 1.82) is 0 Å². The summed E-state index contributed by atoms with van der Waals surface area (Å²) in [5, 5.41) is 10.8. The third-order valence-electron chi connectivity index (χ3n) is 4.17. The van der Waals surface area contributed by atoms with Crippen LogP contribution in [0, 0.1) is 10.1 Å². The molecule has 1 atom stereocenters. The molecule has 0 saturated heterocycles. The van der Waals surface area contributed by atoms with E-state index in [0.717, 1.165) is 24.8 Å². The lowest BCUT2D eigenvalue weighted by Crippen LogP contribution is -2.32. The summed E-state index contributed by atoms with van der Waals surface area (Å²) in [4.78, 5) is 10.3. The lowest BCUT2D eigenvalue weighted by Gasteiger charge is -2.26. The van der Waals surface area contributed by atoms with Crippen LogP contribution in [0.2, 0.25) is 0 Å². The Morgan fingerprint density at radius 1 is 1.17 bits per heavy atom. The third-order valence-corrected chi connectivity index (χ3v) is 5.53. The summed E-state index contributed by atoms with van der Waals surface area (Å²) in [6, 6.07) is 13.3. The highest BCUT2D eigenvalue weighted by Crippen LogP contribution is 2.30. The number of benzene rings is 2. The SMILES string of the molecule is O=[N+]([O-])c1cccc(CS(=O)(=O)N[C@H]2CCCc3ccccc32)c1. The monoisotopic (exact) mass is 346 g/mol. The van der Waals surface area contributed by atoms with Gasteiger partial charge >= 0.3 is 0 Å². The van der Waals surface area contributed by atoms with Crippen LogP contribution in [0.3, 0.4) is 0 Å². The highest BCUT2D eigenvalue weighted by Gasteiger charge is 2.24. The Morgan fingerprint density at radius 2 is 1.96 bits per heavy atom. The summed E-state index contributed by atoms with van der Waals surface area (Å²) in [5.74, 6) is -0.270. The number of hydrogen-bond donors (Lipinski definition) is 1. The molecule has 2 aromatic carbocycles. The molecule has 7 heteroatoms. The lowest BCUT2D eigenvalue weighted by atomic mass is 9.88. The standard InChI is InChI=1S/C17H18N2O4S/c20-19(21)15-8-3-5-13(11-15)12-24(22,23)18-17-10-4-7-14-6-1-2-9-16(14)17/h1-3,5-6,8-9,11,17-18H,4,7,10,12H2/t17-/m0/s1. The van der Waals surface area contributed by atoms with Crippen LogP contribution in [0.25, 0.3) is 0 Å². The van der Waals surface area contributed by atoms with Gasteiger partial charge in [0.15, 0.2) is 0 Å². The van der Waals surface area contributed by atoms with Crippen molar-refractivity contribution in [2.24, 2.45) is 0 Å². The Bertz CT molecular complexity index is 864. The largest absolute Gasteiger partial charge is 0.269 e. The fourth-order valence-electron chi connectivity index (χ4n) is 3.11. The van der Waals surface area contributed by atoms with Crippen LogP contribution >= 0.6 is 0 Å². The number of nitro benzene ring substituents is 1. The van der Waals surface area contributed by atoms with E-state index in [1.165, 1.54) is 23.8 Å². The first kappa shape index (κ1) is 16.6. The van der Waals surface area contributed by atoms with E-state index in [2.05, 4.69) is 4.72 Å². The smallest absolute Gasteiger partial charge is 0.258 e. The summed E-state index contributed by atoms with van der Waals surface area (Å²) >= 11 is 0. The number of fused-ring (bicyclic) bond motifs is 1. The number of hydrogen-bond acceptors (Lipinski definition) is 4. The molecule has 0 radical (unpaired) electrons. The lowest BCUT2D eigenvalue weighted by molar-refractivity contribution is -0.384. The summed E-state index contributed by atoms with van der Waals surface area (Å²) in [5.41, 5.74) is 2.49. The molecular formula is C17H18N2O4S. The molecule has 0 heterocycles. The molecule has 1 N–H and O–H groups in total. The van der Waals surface area contributed by atoms with E-state index in [1.54, 1.807) is 6.07 Å². The summed E-state index contributed by atoms with van der Waals surface area (Å²) < 4.78 is 27.7. The zero-order valence-electron chi connectivity index (χ0n) is 13.0. The molecular weight excluding hydrogens is 328 g/mol. The summed E-state index contributed by atoms with van der Waals surface area (Å²) in [6.07, 6.45) is 2.64. The first-order chi connectivity index (χ1) is 11.4. The van der Waals surface area contributed by atoms with Gasteiger partial charge in [0.1, 0.15) is 0 Å². The van der Waals surface area contributed by atoms with Gasteiger partial charge < -0.3 is 0 Å². The molecule has 0 fully saturated rings.